The molecule has 17 heavy (non-hydrogen) atoms. The molecule has 0 aliphatic carbocycles. The molecular formula is C12H14ClF2NO. The molecule has 0 spiro atoms. The summed E-state index contributed by atoms with van der Waals surface area (Å²) in [5, 5.41) is 3.52. The molecule has 0 saturated heterocycles. The van der Waals surface area contributed by atoms with Gasteiger partial charge in [0, 0.05) is 23.2 Å². The maximum atomic E-state index is 12.2. The van der Waals surface area contributed by atoms with Crippen LogP contribution in [0.2, 0.25) is 0 Å². The van der Waals surface area contributed by atoms with Gasteiger partial charge in [-0.25, -0.2) is 0 Å². The highest BCUT2D eigenvalue weighted by atomic mass is 35.5. The number of hydrogen-bond acceptors (Lipinski definition) is 2. The van der Waals surface area contributed by atoms with Gasteiger partial charge in [-0.05, 0) is 13.0 Å². The second-order valence-corrected chi connectivity index (χ2v) is 4.07. The molecule has 0 radical (unpaired) electrons. The zero-order valence-electron chi connectivity index (χ0n) is 9.42. The van der Waals surface area contributed by atoms with E-state index in [1.807, 2.05) is 6.92 Å². The fourth-order valence-corrected chi connectivity index (χ4v) is 1.49. The van der Waals surface area contributed by atoms with Gasteiger partial charge in [-0.15, -0.1) is 0 Å². The fourth-order valence-electron chi connectivity index (χ4n) is 1.42. The van der Waals surface area contributed by atoms with E-state index in [0.29, 0.717) is 17.1 Å². The van der Waals surface area contributed by atoms with E-state index >= 15 is 0 Å². The molecule has 0 bridgehead atoms. The summed E-state index contributed by atoms with van der Waals surface area (Å²) in [6, 6.07) is 6.50. The van der Waals surface area contributed by atoms with E-state index in [1.54, 1.807) is 18.2 Å². The zero-order valence-corrected chi connectivity index (χ0v) is 10.2. The molecule has 1 rings (SSSR count). The van der Waals surface area contributed by atoms with Gasteiger partial charge in [0.15, 0.2) is 0 Å². The average molecular weight is 262 g/mol. The van der Waals surface area contributed by atoms with E-state index in [9.17, 15) is 8.78 Å². The lowest BCUT2D eigenvalue weighted by molar-refractivity contribution is -0.0506. The van der Waals surface area contributed by atoms with Gasteiger partial charge in [0.2, 0.25) is 0 Å². The first-order valence-corrected chi connectivity index (χ1v) is 5.49. The Morgan fingerprint density at radius 2 is 2.12 bits per heavy atom. The van der Waals surface area contributed by atoms with Crippen LogP contribution in [0.15, 0.2) is 35.9 Å². The van der Waals surface area contributed by atoms with E-state index in [0.717, 1.165) is 0 Å². The first kappa shape index (κ1) is 13.9. The third-order valence-corrected chi connectivity index (χ3v) is 2.34. The Morgan fingerprint density at radius 3 is 2.71 bits per heavy atom. The Morgan fingerprint density at radius 1 is 1.47 bits per heavy atom. The van der Waals surface area contributed by atoms with Crippen LogP contribution >= 0.6 is 11.6 Å². The highest BCUT2D eigenvalue weighted by Gasteiger charge is 2.13. The third-order valence-electron chi connectivity index (χ3n) is 2.20. The lowest BCUT2D eigenvalue weighted by Gasteiger charge is -2.17. The van der Waals surface area contributed by atoms with E-state index < -0.39 is 6.61 Å². The summed E-state index contributed by atoms with van der Waals surface area (Å²) in [5.41, 5.74) is 0.658. The lowest BCUT2D eigenvalue weighted by Crippen LogP contribution is -2.20. The van der Waals surface area contributed by atoms with Crippen molar-refractivity contribution in [3.63, 3.8) is 0 Å². The Kier molecular flexibility index (Phi) is 5.38. The van der Waals surface area contributed by atoms with Crippen LogP contribution in [-0.2, 0) is 0 Å². The molecule has 1 N–H and O–H groups in total. The second kappa shape index (κ2) is 6.57. The molecule has 0 fully saturated rings. The van der Waals surface area contributed by atoms with Gasteiger partial charge in [0.05, 0.1) is 0 Å². The van der Waals surface area contributed by atoms with Gasteiger partial charge >= 0.3 is 6.61 Å². The predicted molar refractivity (Wildman–Crippen MR) is 64.5 cm³/mol. The van der Waals surface area contributed by atoms with Crippen molar-refractivity contribution >= 4 is 11.6 Å². The number of halogens is 3. The van der Waals surface area contributed by atoms with Crippen LogP contribution in [0.1, 0.15) is 18.5 Å². The van der Waals surface area contributed by atoms with E-state index in [2.05, 4.69) is 16.6 Å². The standard InChI is InChI=1S/C12H14ClF2NO/c1-8(13)7-16-9(2)10-5-3-4-6-11(10)17-12(14)15/h3-6,9,12,16H,1,7H2,2H3. The number of nitrogens with one attached hydrogen (secondary N) is 1. The smallest absolute Gasteiger partial charge is 0.387 e. The lowest BCUT2D eigenvalue weighted by atomic mass is 10.1. The summed E-state index contributed by atoms with van der Waals surface area (Å²) in [6.45, 7) is 2.97. The highest BCUT2D eigenvalue weighted by molar-refractivity contribution is 6.29. The largest absolute Gasteiger partial charge is 0.434 e. The number of hydrogen-bond donors (Lipinski definition) is 1. The first-order valence-electron chi connectivity index (χ1n) is 5.11. The van der Waals surface area contributed by atoms with Crippen LogP contribution < -0.4 is 10.1 Å². The topological polar surface area (TPSA) is 21.3 Å². The molecule has 0 aliphatic rings. The maximum Gasteiger partial charge on any atom is 0.387 e. The van der Waals surface area contributed by atoms with Gasteiger partial charge in [0.25, 0.3) is 0 Å². The van der Waals surface area contributed by atoms with Crippen LogP contribution in [0.4, 0.5) is 8.78 Å². The van der Waals surface area contributed by atoms with E-state index in [4.69, 9.17) is 11.6 Å². The van der Waals surface area contributed by atoms with Crippen molar-refractivity contribution in [3.05, 3.63) is 41.4 Å². The summed E-state index contributed by atoms with van der Waals surface area (Å²) in [5.74, 6) is 0.169. The van der Waals surface area contributed by atoms with Crippen molar-refractivity contribution in [1.29, 1.82) is 0 Å². The maximum absolute atomic E-state index is 12.2. The molecular weight excluding hydrogens is 248 g/mol. The van der Waals surface area contributed by atoms with Crippen molar-refractivity contribution in [3.8, 4) is 5.75 Å². The second-order valence-electron chi connectivity index (χ2n) is 3.54. The number of para-hydroxylation sites is 1. The van der Waals surface area contributed by atoms with Crippen LogP contribution in [0.3, 0.4) is 0 Å². The summed E-state index contributed by atoms with van der Waals surface area (Å²) in [6.07, 6.45) is 0. The number of rotatable bonds is 6. The minimum absolute atomic E-state index is 0.152. The van der Waals surface area contributed by atoms with Crippen molar-refractivity contribution in [2.24, 2.45) is 0 Å². The summed E-state index contributed by atoms with van der Waals surface area (Å²) in [4.78, 5) is 0. The predicted octanol–water partition coefficient (Wildman–Crippen LogP) is 3.69. The van der Waals surface area contributed by atoms with Crippen LogP contribution in [0, 0.1) is 0 Å². The molecule has 0 saturated carbocycles. The Labute approximate surface area is 104 Å². The molecule has 0 aromatic heterocycles. The van der Waals surface area contributed by atoms with Crippen molar-refractivity contribution in [1.82, 2.24) is 5.32 Å². The molecule has 1 aromatic rings. The first-order chi connectivity index (χ1) is 8.00. The minimum atomic E-state index is -2.83. The van der Waals surface area contributed by atoms with Crippen LogP contribution in [-0.4, -0.2) is 13.2 Å². The summed E-state index contributed by atoms with van der Waals surface area (Å²) < 4.78 is 28.8. The molecule has 94 valence electrons. The minimum Gasteiger partial charge on any atom is -0.434 e. The summed E-state index contributed by atoms with van der Waals surface area (Å²) in [7, 11) is 0. The molecule has 5 heteroatoms. The quantitative estimate of drug-likeness (QED) is 0.843. The third kappa shape index (κ3) is 4.71. The molecule has 0 amide bonds. The Hall–Kier alpha value is -1.13. The molecule has 0 heterocycles. The van der Waals surface area contributed by atoms with E-state index in [-0.39, 0.29) is 11.8 Å². The number of alkyl halides is 2. The highest BCUT2D eigenvalue weighted by Crippen LogP contribution is 2.26. The molecule has 1 unspecified atom stereocenters. The Bertz CT molecular complexity index is 385. The fraction of sp³-hybridized carbons (Fsp3) is 0.333. The average Bonchev–Trinajstić information content (AvgIpc) is 2.25. The molecule has 1 atom stereocenters. The summed E-state index contributed by atoms with van der Waals surface area (Å²) >= 11 is 5.63. The van der Waals surface area contributed by atoms with Crippen LogP contribution in [0.25, 0.3) is 0 Å². The number of ether oxygens (including phenoxy) is 1. The normalized spacial score (nSPS) is 12.5. The van der Waals surface area contributed by atoms with Crippen molar-refractivity contribution < 1.29 is 13.5 Å². The van der Waals surface area contributed by atoms with Gasteiger partial charge in [-0.2, -0.15) is 8.78 Å². The monoisotopic (exact) mass is 261 g/mol. The van der Waals surface area contributed by atoms with Crippen LogP contribution in [0.5, 0.6) is 5.75 Å². The van der Waals surface area contributed by atoms with Gasteiger partial charge < -0.3 is 10.1 Å². The van der Waals surface area contributed by atoms with Gasteiger partial charge in [0.1, 0.15) is 5.75 Å². The number of benzene rings is 1. The Balaban J connectivity index is 2.77. The molecule has 0 aliphatic heterocycles. The molecule has 1 aromatic carbocycles. The zero-order chi connectivity index (χ0) is 12.8. The van der Waals surface area contributed by atoms with Gasteiger partial charge in [-0.1, -0.05) is 36.4 Å². The van der Waals surface area contributed by atoms with Gasteiger partial charge in [-0.3, -0.25) is 0 Å². The SMILES string of the molecule is C=C(Cl)CNC(C)c1ccccc1OC(F)F. The van der Waals surface area contributed by atoms with Crippen molar-refractivity contribution in [2.45, 2.75) is 19.6 Å². The van der Waals surface area contributed by atoms with Crippen molar-refractivity contribution in [2.75, 3.05) is 6.54 Å². The van der Waals surface area contributed by atoms with E-state index in [1.165, 1.54) is 6.07 Å². The molecule has 2 nitrogen and oxygen atoms in total.